The van der Waals surface area contributed by atoms with Crippen molar-refractivity contribution in [3.63, 3.8) is 0 Å². The molecule has 3 aliphatic rings. The molecule has 0 aromatic heterocycles. The smallest absolute Gasteiger partial charge is 0.237 e. The van der Waals surface area contributed by atoms with E-state index in [1.807, 2.05) is 18.2 Å². The van der Waals surface area contributed by atoms with Crippen molar-refractivity contribution < 1.29 is 14.3 Å². The summed E-state index contributed by atoms with van der Waals surface area (Å²) >= 11 is 0. The zero-order valence-electron chi connectivity index (χ0n) is 16.3. The first-order chi connectivity index (χ1) is 12.9. The van der Waals surface area contributed by atoms with Crippen LogP contribution in [0.1, 0.15) is 36.1 Å². The molecule has 4 atom stereocenters. The molecule has 0 spiro atoms. The predicted octanol–water partition coefficient (Wildman–Crippen LogP) is 3.29. The highest BCUT2D eigenvalue weighted by Crippen LogP contribution is 2.50. The highest BCUT2D eigenvalue weighted by Gasteiger charge is 2.57. The van der Waals surface area contributed by atoms with E-state index in [0.717, 1.165) is 30.7 Å². The lowest BCUT2D eigenvalue weighted by Gasteiger charge is -2.50. The van der Waals surface area contributed by atoms with E-state index in [9.17, 15) is 4.79 Å². The molecule has 0 N–H and O–H groups in total. The molecule has 0 unspecified atom stereocenters. The second-order valence-corrected chi connectivity index (χ2v) is 8.84. The molecule has 3 aliphatic heterocycles. The lowest BCUT2D eigenvalue weighted by atomic mass is 9.67. The van der Waals surface area contributed by atoms with Crippen LogP contribution in [0.3, 0.4) is 0 Å². The second kappa shape index (κ2) is 5.66. The van der Waals surface area contributed by atoms with Crippen LogP contribution in [0, 0.1) is 5.92 Å². The van der Waals surface area contributed by atoms with Gasteiger partial charge in [0.25, 0.3) is 0 Å². The van der Waals surface area contributed by atoms with Gasteiger partial charge in [0.15, 0.2) is 0 Å². The van der Waals surface area contributed by atoms with Crippen LogP contribution in [-0.2, 0) is 15.0 Å². The standard InChI is InChI=1S/C23H27N2O2/c1-23(17-9-5-4-6-10-17)19-12-8-7-11-18(19)20-13-21-16(14-24(20)22(23)26)15-27-25(21,2)3/h4-12,16,20-21H,13-15H2,1-3H3/q+1/t16-,20-,21-,23+/m0/s1. The molecule has 140 valence electrons. The van der Waals surface area contributed by atoms with E-state index >= 15 is 0 Å². The Morgan fingerprint density at radius 1 is 1.07 bits per heavy atom. The Labute approximate surface area is 160 Å². The third-order valence-electron chi connectivity index (χ3n) is 7.13. The first kappa shape index (κ1) is 17.0. The molecule has 0 radical (unpaired) electrons. The van der Waals surface area contributed by atoms with Gasteiger partial charge in [0.1, 0.15) is 12.6 Å². The largest absolute Gasteiger partial charge is 0.334 e. The highest BCUT2D eigenvalue weighted by atomic mass is 16.7. The fourth-order valence-corrected chi connectivity index (χ4v) is 5.57. The summed E-state index contributed by atoms with van der Waals surface area (Å²) in [4.78, 5) is 22.1. The number of carbonyl (C=O) groups excluding carboxylic acids is 1. The van der Waals surface area contributed by atoms with Crippen molar-refractivity contribution in [3.05, 3.63) is 71.3 Å². The first-order valence-corrected chi connectivity index (χ1v) is 9.87. The normalized spacial score (nSPS) is 34.0. The predicted molar refractivity (Wildman–Crippen MR) is 104 cm³/mol. The number of hydrogen-bond donors (Lipinski definition) is 0. The third-order valence-corrected chi connectivity index (χ3v) is 7.13. The van der Waals surface area contributed by atoms with Crippen LogP contribution >= 0.6 is 0 Å². The molecule has 0 saturated carbocycles. The molecule has 5 rings (SSSR count). The number of rotatable bonds is 1. The van der Waals surface area contributed by atoms with Gasteiger partial charge in [-0.1, -0.05) is 54.6 Å². The van der Waals surface area contributed by atoms with Crippen LogP contribution in [-0.4, -0.2) is 48.7 Å². The van der Waals surface area contributed by atoms with Gasteiger partial charge in [-0.3, -0.25) is 4.79 Å². The zero-order chi connectivity index (χ0) is 18.8. The van der Waals surface area contributed by atoms with E-state index < -0.39 is 5.41 Å². The highest BCUT2D eigenvalue weighted by molar-refractivity contribution is 5.94. The molecular weight excluding hydrogens is 336 g/mol. The number of piperidine rings is 1. The summed E-state index contributed by atoms with van der Waals surface area (Å²) in [5.74, 6) is 0.638. The van der Waals surface area contributed by atoms with E-state index in [0.29, 0.717) is 16.6 Å². The van der Waals surface area contributed by atoms with Crippen molar-refractivity contribution in [2.24, 2.45) is 5.92 Å². The third kappa shape index (κ3) is 2.26. The number of benzene rings is 2. The Balaban J connectivity index is 1.66. The van der Waals surface area contributed by atoms with Crippen molar-refractivity contribution in [1.82, 2.24) is 4.90 Å². The lowest BCUT2D eigenvalue weighted by Crippen LogP contribution is -2.60. The summed E-state index contributed by atoms with van der Waals surface area (Å²) < 4.78 is 0.599. The van der Waals surface area contributed by atoms with Gasteiger partial charge < -0.3 is 4.90 Å². The van der Waals surface area contributed by atoms with Gasteiger partial charge in [0.05, 0.1) is 31.5 Å². The quantitative estimate of drug-likeness (QED) is 0.728. The maximum Gasteiger partial charge on any atom is 0.237 e. The lowest BCUT2D eigenvalue weighted by molar-refractivity contribution is -1.08. The van der Waals surface area contributed by atoms with E-state index in [-0.39, 0.29) is 11.9 Å². The molecule has 2 aromatic rings. The number of hydroxylamine groups is 3. The van der Waals surface area contributed by atoms with Crippen molar-refractivity contribution in [2.45, 2.75) is 30.8 Å². The van der Waals surface area contributed by atoms with Gasteiger partial charge in [0.2, 0.25) is 5.91 Å². The fraction of sp³-hybridized carbons (Fsp3) is 0.435. The molecule has 4 nitrogen and oxygen atoms in total. The Morgan fingerprint density at radius 3 is 2.56 bits per heavy atom. The summed E-state index contributed by atoms with van der Waals surface area (Å²) in [6, 6.07) is 19.4. The average Bonchev–Trinajstić information content (AvgIpc) is 3.00. The number of carbonyl (C=O) groups is 1. The van der Waals surface area contributed by atoms with Gasteiger partial charge in [0, 0.05) is 13.0 Å². The van der Waals surface area contributed by atoms with Gasteiger partial charge in [-0.05, 0) is 23.6 Å². The van der Waals surface area contributed by atoms with Gasteiger partial charge in [-0.15, -0.1) is 0 Å². The summed E-state index contributed by atoms with van der Waals surface area (Å²) in [7, 11) is 4.29. The Hall–Kier alpha value is -2.17. The van der Waals surface area contributed by atoms with Crippen LogP contribution in [0.5, 0.6) is 0 Å². The molecule has 27 heavy (non-hydrogen) atoms. The topological polar surface area (TPSA) is 29.5 Å². The number of amides is 1. The van der Waals surface area contributed by atoms with E-state index in [1.54, 1.807) is 0 Å². The minimum absolute atomic E-state index is 0.144. The second-order valence-electron chi connectivity index (χ2n) is 8.84. The van der Waals surface area contributed by atoms with E-state index in [2.05, 4.69) is 62.3 Å². The minimum Gasteiger partial charge on any atom is -0.334 e. The molecule has 2 fully saturated rings. The molecule has 2 aromatic carbocycles. The van der Waals surface area contributed by atoms with Gasteiger partial charge in [-0.25, -0.2) is 4.84 Å². The Kier molecular flexibility index (Phi) is 3.56. The van der Waals surface area contributed by atoms with Crippen LogP contribution in [0.15, 0.2) is 54.6 Å². The molecule has 2 saturated heterocycles. The summed E-state index contributed by atoms with van der Waals surface area (Å²) in [5.41, 5.74) is 2.89. The van der Waals surface area contributed by atoms with Crippen LogP contribution < -0.4 is 0 Å². The van der Waals surface area contributed by atoms with Crippen molar-refractivity contribution >= 4 is 5.91 Å². The molecule has 0 aliphatic carbocycles. The molecule has 3 heterocycles. The van der Waals surface area contributed by atoms with Gasteiger partial charge in [-0.2, -0.15) is 4.65 Å². The molecular formula is C23H27N2O2+. The van der Waals surface area contributed by atoms with Gasteiger partial charge >= 0.3 is 0 Å². The average molecular weight is 363 g/mol. The first-order valence-electron chi connectivity index (χ1n) is 9.87. The number of quaternary nitrogens is 1. The number of hydrogen-bond acceptors (Lipinski definition) is 2. The Morgan fingerprint density at radius 2 is 1.78 bits per heavy atom. The van der Waals surface area contributed by atoms with Crippen LogP contribution in [0.4, 0.5) is 0 Å². The maximum atomic E-state index is 13.9. The maximum absolute atomic E-state index is 13.9. The summed E-state index contributed by atoms with van der Waals surface area (Å²) in [6.45, 7) is 3.61. The summed E-state index contributed by atoms with van der Waals surface area (Å²) in [6.07, 6.45) is 0.964. The van der Waals surface area contributed by atoms with Crippen molar-refractivity contribution in [2.75, 3.05) is 27.2 Å². The van der Waals surface area contributed by atoms with Crippen LogP contribution in [0.25, 0.3) is 0 Å². The Bertz CT molecular complexity index is 894. The monoisotopic (exact) mass is 363 g/mol. The number of nitrogens with zero attached hydrogens (tertiary/aromatic N) is 2. The van der Waals surface area contributed by atoms with Crippen molar-refractivity contribution in [3.8, 4) is 0 Å². The molecule has 0 bridgehead atoms. The summed E-state index contributed by atoms with van der Waals surface area (Å²) in [5, 5.41) is 0. The molecule has 1 amide bonds. The van der Waals surface area contributed by atoms with Crippen LogP contribution in [0.2, 0.25) is 0 Å². The molecule has 4 heteroatoms. The van der Waals surface area contributed by atoms with E-state index in [1.165, 1.54) is 5.56 Å². The SMILES string of the molecule is C[C@]1(c2ccccc2)C(=O)N2C[C@H]3CO[N+](C)(C)[C@H]3C[C@H]2c2ccccc21. The minimum atomic E-state index is -0.634. The number of fused-ring (bicyclic) bond motifs is 4. The van der Waals surface area contributed by atoms with Crippen molar-refractivity contribution in [1.29, 1.82) is 0 Å². The fourth-order valence-electron chi connectivity index (χ4n) is 5.57. The van der Waals surface area contributed by atoms with E-state index in [4.69, 9.17) is 4.84 Å². The zero-order valence-corrected chi connectivity index (χ0v) is 16.3.